The van der Waals surface area contributed by atoms with Gasteiger partial charge in [0.2, 0.25) is 5.95 Å². The van der Waals surface area contributed by atoms with E-state index >= 15 is 0 Å². The molecular weight excluding hydrogens is 418 g/mol. The number of aromatic nitrogens is 5. The quantitative estimate of drug-likeness (QED) is 0.490. The van der Waals surface area contributed by atoms with Crippen molar-refractivity contribution >= 4 is 22.7 Å². The van der Waals surface area contributed by atoms with Gasteiger partial charge >= 0.3 is 6.01 Å². The molecule has 0 radical (unpaired) electrons. The number of nitrogens with zero attached hydrogens (tertiary/aromatic N) is 5. The first-order valence-electron chi connectivity index (χ1n) is 11.3. The predicted octanol–water partition coefficient (Wildman–Crippen LogP) is 3.84. The first-order valence-corrected chi connectivity index (χ1v) is 11.3. The zero-order valence-electron chi connectivity index (χ0n) is 19.6. The van der Waals surface area contributed by atoms with Gasteiger partial charge in [-0.05, 0) is 50.1 Å². The number of hydrogen-bond donors (Lipinski definition) is 2. The molecule has 0 amide bonds. The molecule has 3 aromatic heterocycles. The van der Waals surface area contributed by atoms with Crippen LogP contribution in [-0.4, -0.2) is 30.9 Å². The summed E-state index contributed by atoms with van der Waals surface area (Å²) >= 11 is 0. The number of benzene rings is 1. The van der Waals surface area contributed by atoms with Crippen LogP contribution in [0.1, 0.15) is 57.5 Å². The highest BCUT2D eigenvalue weighted by Crippen LogP contribution is 2.27. The van der Waals surface area contributed by atoms with Gasteiger partial charge in [-0.15, -0.1) is 0 Å². The summed E-state index contributed by atoms with van der Waals surface area (Å²) in [5.74, 6) is 1.15. The largest absolute Gasteiger partial charge is 0.427 e. The molecule has 0 unspecified atom stereocenters. The smallest absolute Gasteiger partial charge is 0.323 e. The van der Waals surface area contributed by atoms with Gasteiger partial charge in [0.15, 0.2) is 5.65 Å². The summed E-state index contributed by atoms with van der Waals surface area (Å²) in [4.78, 5) is 26.8. The van der Waals surface area contributed by atoms with E-state index in [1.54, 1.807) is 21.8 Å². The highest BCUT2D eigenvalue weighted by atomic mass is 16.4. The number of anilines is 2. The van der Waals surface area contributed by atoms with Gasteiger partial charge in [0.25, 0.3) is 5.56 Å². The molecule has 5 rings (SSSR count). The van der Waals surface area contributed by atoms with Gasteiger partial charge < -0.3 is 15.1 Å². The van der Waals surface area contributed by atoms with Crippen LogP contribution in [0.15, 0.2) is 39.8 Å². The van der Waals surface area contributed by atoms with Crippen molar-refractivity contribution in [3.63, 3.8) is 0 Å². The van der Waals surface area contributed by atoms with Crippen molar-refractivity contribution in [1.29, 1.82) is 0 Å². The summed E-state index contributed by atoms with van der Waals surface area (Å²) < 4.78 is 9.33. The lowest BCUT2D eigenvalue weighted by Gasteiger charge is -2.18. The van der Waals surface area contributed by atoms with Gasteiger partial charge in [0.1, 0.15) is 11.1 Å². The van der Waals surface area contributed by atoms with Gasteiger partial charge in [-0.3, -0.25) is 4.79 Å². The predicted molar refractivity (Wildman–Crippen MR) is 127 cm³/mol. The Bertz CT molecular complexity index is 1390. The average Bonchev–Trinajstić information content (AvgIpc) is 3.37. The molecule has 2 N–H and O–H groups in total. The van der Waals surface area contributed by atoms with Crippen molar-refractivity contribution in [2.75, 3.05) is 11.9 Å². The Labute approximate surface area is 191 Å². The van der Waals surface area contributed by atoms with Crippen LogP contribution in [0, 0.1) is 0 Å². The standard InChI is InChI=1S/C24H29N7O2/c1-14(2)30-21(32)18-12-26-22(28-17-7-6-16-11-25-9-8-15(16)10-17)29-20(18)31(30)23-27-13-19(33-23)24(3,4)5/h6-7,10,12-14,25H,8-9,11H2,1-5H3,(H,26,28,29). The molecule has 172 valence electrons. The first kappa shape index (κ1) is 21.4. The minimum atomic E-state index is -0.208. The van der Waals surface area contributed by atoms with Crippen molar-refractivity contribution in [2.24, 2.45) is 0 Å². The van der Waals surface area contributed by atoms with Crippen molar-refractivity contribution < 1.29 is 4.42 Å². The van der Waals surface area contributed by atoms with Crippen molar-refractivity contribution in [1.82, 2.24) is 29.6 Å². The Morgan fingerprint density at radius 1 is 1.15 bits per heavy atom. The SMILES string of the molecule is CC(C)n1c(=O)c2cnc(Nc3ccc4c(c3)CCNC4)nc2n1-c1ncc(C(C)(C)C)o1. The number of fused-ring (bicyclic) bond motifs is 2. The Hall–Kier alpha value is -3.46. The summed E-state index contributed by atoms with van der Waals surface area (Å²) in [6, 6.07) is 6.47. The number of nitrogens with one attached hydrogen (secondary N) is 2. The zero-order chi connectivity index (χ0) is 23.3. The maximum atomic E-state index is 13.2. The lowest BCUT2D eigenvalue weighted by Crippen LogP contribution is -2.24. The summed E-state index contributed by atoms with van der Waals surface area (Å²) in [7, 11) is 0. The summed E-state index contributed by atoms with van der Waals surface area (Å²) in [6.07, 6.45) is 4.26. The molecule has 1 aliphatic rings. The van der Waals surface area contributed by atoms with E-state index in [1.165, 1.54) is 11.1 Å². The lowest BCUT2D eigenvalue weighted by molar-refractivity contribution is 0.368. The van der Waals surface area contributed by atoms with Crippen LogP contribution in [0.25, 0.3) is 17.0 Å². The van der Waals surface area contributed by atoms with E-state index in [2.05, 4.69) is 53.5 Å². The van der Waals surface area contributed by atoms with E-state index < -0.39 is 0 Å². The Balaban J connectivity index is 1.61. The van der Waals surface area contributed by atoms with Crippen LogP contribution in [0.2, 0.25) is 0 Å². The van der Waals surface area contributed by atoms with E-state index in [9.17, 15) is 4.79 Å². The fraction of sp³-hybridized carbons (Fsp3) is 0.417. The van der Waals surface area contributed by atoms with Gasteiger partial charge in [0, 0.05) is 29.9 Å². The molecule has 9 nitrogen and oxygen atoms in total. The van der Waals surface area contributed by atoms with Crippen LogP contribution in [0.5, 0.6) is 0 Å². The molecule has 33 heavy (non-hydrogen) atoms. The zero-order valence-corrected chi connectivity index (χ0v) is 19.6. The third kappa shape index (κ3) is 3.82. The second kappa shape index (κ2) is 7.84. The molecule has 0 fully saturated rings. The van der Waals surface area contributed by atoms with Crippen LogP contribution < -0.4 is 16.2 Å². The minimum absolute atomic E-state index is 0.123. The third-order valence-corrected chi connectivity index (χ3v) is 5.88. The van der Waals surface area contributed by atoms with E-state index in [0.29, 0.717) is 23.0 Å². The fourth-order valence-corrected chi connectivity index (χ4v) is 4.10. The molecular formula is C24H29N7O2. The maximum absolute atomic E-state index is 13.2. The normalized spacial score (nSPS) is 14.1. The fourth-order valence-electron chi connectivity index (χ4n) is 4.10. The molecule has 1 aromatic carbocycles. The topological polar surface area (TPSA) is 103 Å². The number of rotatable bonds is 4. The molecule has 9 heteroatoms. The van der Waals surface area contributed by atoms with Crippen LogP contribution >= 0.6 is 0 Å². The lowest BCUT2D eigenvalue weighted by atomic mass is 9.94. The van der Waals surface area contributed by atoms with E-state index in [1.807, 2.05) is 19.9 Å². The number of oxazole rings is 1. The second-order valence-electron chi connectivity index (χ2n) is 9.78. The van der Waals surface area contributed by atoms with Gasteiger partial charge in [-0.25, -0.2) is 9.67 Å². The third-order valence-electron chi connectivity index (χ3n) is 5.88. The van der Waals surface area contributed by atoms with Crippen molar-refractivity contribution in [3.05, 3.63) is 57.8 Å². The summed E-state index contributed by atoms with van der Waals surface area (Å²) in [5.41, 5.74) is 3.61. The molecule has 1 aliphatic heterocycles. The molecule has 0 atom stereocenters. The highest BCUT2D eigenvalue weighted by Gasteiger charge is 2.25. The Morgan fingerprint density at radius 2 is 1.97 bits per heavy atom. The van der Waals surface area contributed by atoms with Crippen molar-refractivity contribution in [3.8, 4) is 6.01 Å². The molecule has 0 aliphatic carbocycles. The summed E-state index contributed by atoms with van der Waals surface area (Å²) in [5, 5.41) is 7.10. The second-order valence-corrected chi connectivity index (χ2v) is 9.78. The monoisotopic (exact) mass is 447 g/mol. The Kier molecular flexibility index (Phi) is 5.08. The van der Waals surface area contributed by atoms with E-state index in [0.717, 1.165) is 31.0 Å². The summed E-state index contributed by atoms with van der Waals surface area (Å²) in [6.45, 7) is 11.9. The van der Waals surface area contributed by atoms with Gasteiger partial charge in [-0.1, -0.05) is 26.8 Å². The molecule has 0 saturated carbocycles. The molecule has 0 bridgehead atoms. The van der Waals surface area contributed by atoms with E-state index in [4.69, 9.17) is 9.40 Å². The molecule has 0 spiro atoms. The minimum Gasteiger partial charge on any atom is -0.427 e. The molecule has 4 heterocycles. The van der Waals surface area contributed by atoms with Gasteiger partial charge in [-0.2, -0.15) is 14.6 Å². The Morgan fingerprint density at radius 3 is 2.70 bits per heavy atom. The number of hydrogen-bond acceptors (Lipinski definition) is 7. The van der Waals surface area contributed by atoms with Crippen LogP contribution in [0.4, 0.5) is 11.6 Å². The molecule has 0 saturated heterocycles. The average molecular weight is 448 g/mol. The molecule has 4 aromatic rings. The first-order chi connectivity index (χ1) is 15.7. The highest BCUT2D eigenvalue weighted by molar-refractivity contribution is 5.76. The maximum Gasteiger partial charge on any atom is 0.323 e. The van der Waals surface area contributed by atoms with E-state index in [-0.39, 0.29) is 17.0 Å². The van der Waals surface area contributed by atoms with Crippen LogP contribution in [0.3, 0.4) is 0 Å². The van der Waals surface area contributed by atoms with Crippen LogP contribution in [-0.2, 0) is 18.4 Å². The van der Waals surface area contributed by atoms with Crippen molar-refractivity contribution in [2.45, 2.75) is 59.0 Å². The van der Waals surface area contributed by atoms with Gasteiger partial charge in [0.05, 0.1) is 6.20 Å².